The topological polar surface area (TPSA) is 52.6 Å². The Kier molecular flexibility index (Phi) is 87.9. The highest BCUT2D eigenvalue weighted by molar-refractivity contribution is 5.72. The molecular weight excluding hydrogens is 1240 g/mol. The van der Waals surface area contributed by atoms with Crippen molar-refractivity contribution in [3.8, 4) is 0 Å². The van der Waals surface area contributed by atoms with Gasteiger partial charge in [0.25, 0.3) is 0 Å². The van der Waals surface area contributed by atoms with E-state index in [9.17, 15) is 9.59 Å². The standard InChI is InChI=1S/C98H194O4/c1-7-13-19-25-31-35-39-43-45-49-53-57-69-79-89-95(87-77-67-55-51-47-41-37-33-27-21-15-9-3)97(99)101-91-81-71-61-59-65-75-85-93(83-73-63-29-23-17-11-5)94(84-74-64-30-24-18-12-6)86-76-66-60-62-72-82-92-102-98(100)96(88-78-68-56-52-48-42-38-34-28-22-16-10-4)90-80-70-58-54-50-46-44-40-36-32-26-20-14-8-2/h93-96H,7-92H2,1-6H3. The molecule has 4 atom stereocenters. The summed E-state index contributed by atoms with van der Waals surface area (Å²) < 4.78 is 12.3. The van der Waals surface area contributed by atoms with Gasteiger partial charge in [0.15, 0.2) is 0 Å². The monoisotopic (exact) mass is 1440 g/mol. The zero-order valence-corrected chi connectivity index (χ0v) is 71.8. The molecule has 0 spiro atoms. The zero-order valence-electron chi connectivity index (χ0n) is 71.8. The molecule has 0 saturated carbocycles. The average molecular weight is 1440 g/mol. The van der Waals surface area contributed by atoms with Crippen molar-refractivity contribution in [2.24, 2.45) is 23.7 Å². The fourth-order valence-corrected chi connectivity index (χ4v) is 17.0. The lowest BCUT2D eigenvalue weighted by atomic mass is 9.78. The lowest BCUT2D eigenvalue weighted by Gasteiger charge is -2.28. The van der Waals surface area contributed by atoms with Gasteiger partial charge in [-0.05, 0) is 50.4 Å². The third kappa shape index (κ3) is 77.1. The molecule has 0 amide bonds. The number of unbranched alkanes of at least 4 members (excludes halogenated alkanes) is 68. The van der Waals surface area contributed by atoms with Crippen molar-refractivity contribution in [3.05, 3.63) is 0 Å². The molecule has 0 rings (SSSR count). The second-order valence-electron chi connectivity index (χ2n) is 34.3. The molecule has 0 fully saturated rings. The number of carbonyl (C=O) groups excluding carboxylic acids is 2. The Morgan fingerprint density at radius 3 is 0.422 bits per heavy atom. The normalized spacial score (nSPS) is 13.0. The maximum Gasteiger partial charge on any atom is 0.308 e. The Hall–Kier alpha value is -1.06. The second kappa shape index (κ2) is 88.8. The summed E-state index contributed by atoms with van der Waals surface area (Å²) in [6, 6.07) is 0. The lowest BCUT2D eigenvalue weighted by molar-refractivity contribution is -0.150. The number of hydrogen-bond acceptors (Lipinski definition) is 4. The van der Waals surface area contributed by atoms with Crippen LogP contribution < -0.4 is 0 Å². The first-order chi connectivity index (χ1) is 50.5. The highest BCUT2D eigenvalue weighted by Crippen LogP contribution is 2.35. The van der Waals surface area contributed by atoms with E-state index >= 15 is 0 Å². The minimum atomic E-state index is 0.111. The smallest absolute Gasteiger partial charge is 0.308 e. The van der Waals surface area contributed by atoms with Crippen LogP contribution in [0.1, 0.15) is 581 Å². The quantitative estimate of drug-likeness (QED) is 0.0450. The molecule has 0 N–H and O–H groups in total. The SMILES string of the molecule is CCCCCCCCCCCCCCCCC(CCCCCCCCCCCCCC)C(=O)OCCCCCCCCC(CCCCCCCC)C(CCCCCCCC)CCCCCCCCOC(=O)C(CCCCCCCCCCCCCC)CCCCCCCCCCCCCCCC. The van der Waals surface area contributed by atoms with Crippen LogP contribution in [0.3, 0.4) is 0 Å². The molecule has 610 valence electrons. The summed E-state index contributed by atoms with van der Waals surface area (Å²) in [4.78, 5) is 27.4. The van der Waals surface area contributed by atoms with Crippen LogP contribution in [0.25, 0.3) is 0 Å². The summed E-state index contributed by atoms with van der Waals surface area (Å²) in [5.41, 5.74) is 0. The van der Waals surface area contributed by atoms with E-state index in [1.54, 1.807) is 0 Å². The van der Waals surface area contributed by atoms with Gasteiger partial charge >= 0.3 is 11.9 Å². The molecule has 102 heavy (non-hydrogen) atoms. The van der Waals surface area contributed by atoms with Gasteiger partial charge < -0.3 is 9.47 Å². The van der Waals surface area contributed by atoms with Crippen LogP contribution in [-0.4, -0.2) is 25.2 Å². The predicted molar refractivity (Wildman–Crippen MR) is 458 cm³/mol. The van der Waals surface area contributed by atoms with E-state index in [0.29, 0.717) is 13.2 Å². The van der Waals surface area contributed by atoms with Crippen LogP contribution in [0.5, 0.6) is 0 Å². The van der Waals surface area contributed by atoms with E-state index in [1.165, 1.54) is 501 Å². The minimum absolute atomic E-state index is 0.111. The van der Waals surface area contributed by atoms with Gasteiger partial charge in [-0.2, -0.15) is 0 Å². The summed E-state index contributed by atoms with van der Waals surface area (Å²) >= 11 is 0. The van der Waals surface area contributed by atoms with E-state index in [0.717, 1.165) is 50.4 Å². The van der Waals surface area contributed by atoms with E-state index in [-0.39, 0.29) is 23.8 Å². The van der Waals surface area contributed by atoms with Crippen molar-refractivity contribution in [1.29, 1.82) is 0 Å². The van der Waals surface area contributed by atoms with Gasteiger partial charge in [-0.15, -0.1) is 0 Å². The van der Waals surface area contributed by atoms with Crippen LogP contribution in [0.15, 0.2) is 0 Å². The molecule has 0 aromatic heterocycles. The Morgan fingerprint density at radius 1 is 0.157 bits per heavy atom. The Labute approximate surface area is 645 Å². The maximum atomic E-state index is 13.7. The fraction of sp³-hybridized carbons (Fsp3) is 0.980. The summed E-state index contributed by atoms with van der Waals surface area (Å²) in [6.45, 7) is 15.2. The minimum Gasteiger partial charge on any atom is -0.465 e. The van der Waals surface area contributed by atoms with Gasteiger partial charge in [0.1, 0.15) is 0 Å². The summed E-state index contributed by atoms with van der Waals surface area (Å²) in [6.07, 6.45) is 114. The highest BCUT2D eigenvalue weighted by Gasteiger charge is 2.23. The number of ether oxygens (including phenoxy) is 2. The second-order valence-corrected chi connectivity index (χ2v) is 34.3. The van der Waals surface area contributed by atoms with Crippen LogP contribution in [0.4, 0.5) is 0 Å². The van der Waals surface area contributed by atoms with Gasteiger partial charge in [0, 0.05) is 0 Å². The van der Waals surface area contributed by atoms with E-state index < -0.39 is 0 Å². The van der Waals surface area contributed by atoms with Crippen LogP contribution in [-0.2, 0) is 19.1 Å². The first-order valence-electron chi connectivity index (χ1n) is 48.8. The number of esters is 2. The molecule has 0 radical (unpaired) electrons. The number of hydrogen-bond donors (Lipinski definition) is 0. The van der Waals surface area contributed by atoms with E-state index in [2.05, 4.69) is 41.5 Å². The van der Waals surface area contributed by atoms with Gasteiger partial charge in [-0.3, -0.25) is 9.59 Å². The molecule has 0 aliphatic carbocycles. The zero-order chi connectivity index (χ0) is 73.7. The highest BCUT2D eigenvalue weighted by atomic mass is 16.5. The molecule has 4 heteroatoms. The molecule has 0 heterocycles. The van der Waals surface area contributed by atoms with Crippen molar-refractivity contribution in [3.63, 3.8) is 0 Å². The molecule has 0 bridgehead atoms. The van der Waals surface area contributed by atoms with E-state index in [1.807, 2.05) is 0 Å². The van der Waals surface area contributed by atoms with Gasteiger partial charge in [-0.1, -0.05) is 542 Å². The Morgan fingerprint density at radius 2 is 0.275 bits per heavy atom. The average Bonchev–Trinajstić information content (AvgIpc) is 1.01. The molecule has 4 nitrogen and oxygen atoms in total. The van der Waals surface area contributed by atoms with Gasteiger partial charge in [0.05, 0.1) is 25.0 Å². The number of carbonyl (C=O) groups is 2. The Balaban J connectivity index is 5.21. The van der Waals surface area contributed by atoms with Crippen molar-refractivity contribution >= 4 is 11.9 Å². The largest absolute Gasteiger partial charge is 0.465 e. The van der Waals surface area contributed by atoms with Crippen molar-refractivity contribution in [1.82, 2.24) is 0 Å². The fourth-order valence-electron chi connectivity index (χ4n) is 17.0. The molecule has 0 aromatic rings. The van der Waals surface area contributed by atoms with Crippen LogP contribution >= 0.6 is 0 Å². The van der Waals surface area contributed by atoms with E-state index in [4.69, 9.17) is 9.47 Å². The molecule has 4 unspecified atom stereocenters. The molecule has 0 saturated heterocycles. The molecule has 0 aromatic carbocycles. The summed E-state index contributed by atoms with van der Waals surface area (Å²) in [7, 11) is 0. The third-order valence-electron chi connectivity index (χ3n) is 24.2. The Bertz CT molecular complexity index is 1430. The first-order valence-corrected chi connectivity index (χ1v) is 48.8. The van der Waals surface area contributed by atoms with Crippen molar-refractivity contribution in [2.45, 2.75) is 581 Å². The third-order valence-corrected chi connectivity index (χ3v) is 24.2. The van der Waals surface area contributed by atoms with Crippen molar-refractivity contribution < 1.29 is 19.1 Å². The van der Waals surface area contributed by atoms with Gasteiger partial charge in [0.2, 0.25) is 0 Å². The van der Waals surface area contributed by atoms with Crippen molar-refractivity contribution in [2.75, 3.05) is 13.2 Å². The summed E-state index contributed by atoms with van der Waals surface area (Å²) in [5, 5.41) is 0. The first kappa shape index (κ1) is 101. The maximum absolute atomic E-state index is 13.7. The molecule has 0 aliphatic heterocycles. The molecular formula is C98H194O4. The van der Waals surface area contributed by atoms with Crippen LogP contribution in [0, 0.1) is 23.7 Å². The van der Waals surface area contributed by atoms with Crippen LogP contribution in [0.2, 0.25) is 0 Å². The predicted octanol–water partition coefficient (Wildman–Crippen LogP) is 35.4. The van der Waals surface area contributed by atoms with Gasteiger partial charge in [-0.25, -0.2) is 0 Å². The number of rotatable bonds is 91. The lowest BCUT2D eigenvalue weighted by Crippen LogP contribution is -2.18. The molecule has 0 aliphatic rings. The summed E-state index contributed by atoms with van der Waals surface area (Å²) in [5.74, 6) is 2.27.